The highest BCUT2D eigenvalue weighted by molar-refractivity contribution is 7.92. The third-order valence-corrected chi connectivity index (χ3v) is 6.44. The third-order valence-electron chi connectivity index (χ3n) is 4.88. The van der Waals surface area contributed by atoms with Gasteiger partial charge < -0.3 is 15.1 Å². The molecule has 9 heteroatoms. The van der Waals surface area contributed by atoms with Crippen LogP contribution in [-0.4, -0.2) is 44.2 Å². The number of piperidine rings is 1. The molecule has 1 aromatic heterocycles. The van der Waals surface area contributed by atoms with Gasteiger partial charge >= 0.3 is 0 Å². The Morgan fingerprint density at radius 1 is 1.07 bits per heavy atom. The Hall–Kier alpha value is -2.91. The van der Waals surface area contributed by atoms with E-state index >= 15 is 0 Å². The van der Waals surface area contributed by atoms with Gasteiger partial charge in [-0.2, -0.15) is 4.31 Å². The molecule has 0 spiro atoms. The predicted octanol–water partition coefficient (Wildman–Crippen LogP) is 1.72. The first-order valence-electron chi connectivity index (χ1n) is 9.74. The molecule has 2 heterocycles. The summed E-state index contributed by atoms with van der Waals surface area (Å²) in [5.41, 5.74) is 0.806. The van der Waals surface area contributed by atoms with Gasteiger partial charge in [0.05, 0.1) is 19.4 Å². The molecule has 1 aromatic carbocycles. The highest BCUT2D eigenvalue weighted by Gasteiger charge is 2.30. The number of sulfonamides is 1. The molecule has 0 aliphatic carbocycles. The van der Waals surface area contributed by atoms with Crippen LogP contribution < -0.4 is 10.6 Å². The van der Waals surface area contributed by atoms with Crippen LogP contribution in [0.25, 0.3) is 6.08 Å². The second kappa shape index (κ2) is 10.2. The lowest BCUT2D eigenvalue weighted by Crippen LogP contribution is -2.44. The van der Waals surface area contributed by atoms with Crippen LogP contribution in [0.4, 0.5) is 0 Å². The van der Waals surface area contributed by atoms with E-state index in [9.17, 15) is 18.0 Å². The molecule has 0 saturated carbocycles. The Balaban J connectivity index is 1.41. The fourth-order valence-corrected chi connectivity index (χ4v) is 4.38. The molecule has 30 heavy (non-hydrogen) atoms. The quantitative estimate of drug-likeness (QED) is 0.662. The van der Waals surface area contributed by atoms with Gasteiger partial charge in [-0.25, -0.2) is 8.42 Å². The molecule has 0 bridgehead atoms. The first-order valence-corrected chi connectivity index (χ1v) is 11.2. The lowest BCUT2D eigenvalue weighted by Gasteiger charge is -2.29. The van der Waals surface area contributed by atoms with E-state index in [0.717, 1.165) is 5.56 Å². The summed E-state index contributed by atoms with van der Waals surface area (Å²) in [5.74, 6) is -0.233. The molecular weight excluding hydrogens is 406 g/mol. The molecule has 1 saturated heterocycles. The van der Waals surface area contributed by atoms with Crippen LogP contribution in [0.5, 0.6) is 0 Å². The fraction of sp³-hybridized carbons (Fsp3) is 0.333. The Bertz CT molecular complexity index is 963. The largest absolute Gasteiger partial charge is 0.467 e. The van der Waals surface area contributed by atoms with Gasteiger partial charge in [0.1, 0.15) is 5.76 Å². The summed E-state index contributed by atoms with van der Waals surface area (Å²) in [7, 11) is -3.54. The van der Waals surface area contributed by atoms with E-state index in [4.69, 9.17) is 4.42 Å². The topological polar surface area (TPSA) is 109 Å². The lowest BCUT2D eigenvalue weighted by molar-refractivity contribution is -0.129. The Labute approximate surface area is 176 Å². The number of benzene rings is 1. The second-order valence-electron chi connectivity index (χ2n) is 7.01. The van der Waals surface area contributed by atoms with Crippen molar-refractivity contribution < 1.29 is 22.4 Å². The van der Waals surface area contributed by atoms with Crippen LogP contribution >= 0.6 is 0 Å². The van der Waals surface area contributed by atoms with E-state index in [1.165, 1.54) is 16.0 Å². The summed E-state index contributed by atoms with van der Waals surface area (Å²) in [6.45, 7) is 0.667. The number of hydrogen-bond acceptors (Lipinski definition) is 5. The van der Waals surface area contributed by atoms with Crippen molar-refractivity contribution in [2.45, 2.75) is 19.4 Å². The number of carbonyl (C=O) groups excluding carboxylic acids is 2. The molecule has 0 unspecified atom stereocenters. The number of amides is 2. The number of rotatable bonds is 8. The van der Waals surface area contributed by atoms with Crippen molar-refractivity contribution in [1.82, 2.24) is 14.9 Å². The van der Waals surface area contributed by atoms with Crippen molar-refractivity contribution in [2.75, 3.05) is 19.6 Å². The third kappa shape index (κ3) is 6.30. The van der Waals surface area contributed by atoms with E-state index in [0.29, 0.717) is 18.6 Å². The highest BCUT2D eigenvalue weighted by atomic mass is 32.2. The van der Waals surface area contributed by atoms with E-state index in [-0.39, 0.29) is 43.9 Å². The van der Waals surface area contributed by atoms with Crippen molar-refractivity contribution in [3.05, 3.63) is 65.5 Å². The minimum Gasteiger partial charge on any atom is -0.467 e. The maximum atomic E-state index is 12.5. The summed E-state index contributed by atoms with van der Waals surface area (Å²) >= 11 is 0. The summed E-state index contributed by atoms with van der Waals surface area (Å²) in [6, 6.07) is 12.7. The molecule has 0 radical (unpaired) electrons. The van der Waals surface area contributed by atoms with Crippen molar-refractivity contribution in [3.63, 3.8) is 0 Å². The zero-order chi connectivity index (χ0) is 21.4. The van der Waals surface area contributed by atoms with Gasteiger partial charge in [0.2, 0.25) is 21.8 Å². The number of nitrogens with zero attached hydrogens (tertiary/aromatic N) is 1. The molecule has 160 valence electrons. The Morgan fingerprint density at radius 2 is 1.80 bits per heavy atom. The Morgan fingerprint density at radius 3 is 2.47 bits per heavy atom. The van der Waals surface area contributed by atoms with E-state index in [2.05, 4.69) is 10.6 Å². The van der Waals surface area contributed by atoms with E-state index in [1.807, 2.05) is 30.3 Å². The normalized spacial score (nSPS) is 15.9. The fourth-order valence-electron chi connectivity index (χ4n) is 3.16. The summed E-state index contributed by atoms with van der Waals surface area (Å²) < 4.78 is 31.5. The maximum Gasteiger partial charge on any atom is 0.239 e. The van der Waals surface area contributed by atoms with Crippen molar-refractivity contribution in [2.24, 2.45) is 5.92 Å². The number of furan rings is 1. The first kappa shape index (κ1) is 21.8. The number of nitrogens with one attached hydrogen (secondary N) is 2. The van der Waals surface area contributed by atoms with Gasteiger partial charge in [0.25, 0.3) is 0 Å². The molecule has 2 N–H and O–H groups in total. The summed E-state index contributed by atoms with van der Waals surface area (Å²) in [4.78, 5) is 24.1. The second-order valence-corrected chi connectivity index (χ2v) is 8.82. The number of carbonyl (C=O) groups is 2. The van der Waals surface area contributed by atoms with Crippen LogP contribution in [0, 0.1) is 5.92 Å². The van der Waals surface area contributed by atoms with Crippen molar-refractivity contribution in [1.29, 1.82) is 0 Å². The molecule has 8 nitrogen and oxygen atoms in total. The van der Waals surface area contributed by atoms with Crippen LogP contribution in [0.2, 0.25) is 0 Å². The standard InChI is InChI=1S/C21H25N3O5S/c25-20(22-15-19-7-4-13-29-19)16-23-21(26)18-8-11-24(12-9-18)30(27,28)14-10-17-5-2-1-3-6-17/h1-7,10,13-14,18H,8-9,11-12,15-16H2,(H,22,25)(H,23,26)/b14-10+. The molecule has 3 rings (SSSR count). The van der Waals surface area contributed by atoms with Gasteiger partial charge in [0.15, 0.2) is 0 Å². The summed E-state index contributed by atoms with van der Waals surface area (Å²) in [5, 5.41) is 6.47. The van der Waals surface area contributed by atoms with E-state index in [1.54, 1.807) is 18.2 Å². The van der Waals surface area contributed by atoms with Crippen molar-refractivity contribution in [3.8, 4) is 0 Å². The van der Waals surface area contributed by atoms with Gasteiger partial charge in [0, 0.05) is 24.4 Å². The minimum absolute atomic E-state index is 0.127. The van der Waals surface area contributed by atoms with Crippen LogP contribution in [0.15, 0.2) is 58.6 Å². The lowest BCUT2D eigenvalue weighted by atomic mass is 9.97. The predicted molar refractivity (Wildman–Crippen MR) is 112 cm³/mol. The molecule has 2 amide bonds. The van der Waals surface area contributed by atoms with E-state index < -0.39 is 10.0 Å². The monoisotopic (exact) mass is 431 g/mol. The number of hydrogen-bond donors (Lipinski definition) is 2. The zero-order valence-electron chi connectivity index (χ0n) is 16.5. The minimum atomic E-state index is -3.54. The SMILES string of the molecule is O=C(CNC(=O)C1CCN(S(=O)(=O)/C=C/c2ccccc2)CC1)NCc1ccco1. The van der Waals surface area contributed by atoms with Crippen LogP contribution in [-0.2, 0) is 26.2 Å². The average molecular weight is 432 g/mol. The molecule has 0 atom stereocenters. The van der Waals surface area contributed by atoms with Crippen molar-refractivity contribution >= 4 is 27.9 Å². The highest BCUT2D eigenvalue weighted by Crippen LogP contribution is 2.21. The maximum absolute atomic E-state index is 12.5. The molecular formula is C21H25N3O5S. The molecule has 1 aliphatic rings. The summed E-state index contributed by atoms with van der Waals surface area (Å²) in [6.07, 6.45) is 3.92. The van der Waals surface area contributed by atoms with Gasteiger partial charge in [-0.05, 0) is 36.6 Å². The first-order chi connectivity index (χ1) is 14.4. The molecule has 2 aromatic rings. The molecule has 1 aliphatic heterocycles. The molecule has 1 fully saturated rings. The zero-order valence-corrected chi connectivity index (χ0v) is 17.3. The van der Waals surface area contributed by atoms with Gasteiger partial charge in [-0.15, -0.1) is 0 Å². The smallest absolute Gasteiger partial charge is 0.239 e. The Kier molecular flexibility index (Phi) is 7.42. The average Bonchev–Trinajstić information content (AvgIpc) is 3.29. The van der Waals surface area contributed by atoms with Crippen LogP contribution in [0.1, 0.15) is 24.2 Å². The van der Waals surface area contributed by atoms with Crippen LogP contribution in [0.3, 0.4) is 0 Å². The van der Waals surface area contributed by atoms with Gasteiger partial charge in [-0.1, -0.05) is 30.3 Å². The van der Waals surface area contributed by atoms with Gasteiger partial charge in [-0.3, -0.25) is 9.59 Å².